The zero-order chi connectivity index (χ0) is 18.2. The first-order valence-electron chi connectivity index (χ1n) is 8.80. The first kappa shape index (κ1) is 19.0. The largest absolute Gasteiger partial charge is 0.336 e. The van der Waals surface area contributed by atoms with Gasteiger partial charge in [-0.2, -0.15) is 5.10 Å². The summed E-state index contributed by atoms with van der Waals surface area (Å²) in [4.78, 5) is 16.5. The van der Waals surface area contributed by atoms with Crippen molar-refractivity contribution in [2.75, 3.05) is 26.7 Å². The molecule has 0 saturated heterocycles. The third-order valence-electron chi connectivity index (χ3n) is 4.41. The van der Waals surface area contributed by atoms with E-state index in [2.05, 4.69) is 41.3 Å². The molecule has 0 aliphatic carbocycles. The van der Waals surface area contributed by atoms with Gasteiger partial charge < -0.3 is 10.2 Å². The van der Waals surface area contributed by atoms with Crippen LogP contribution in [0.25, 0.3) is 0 Å². The molecule has 136 valence electrons. The van der Waals surface area contributed by atoms with Gasteiger partial charge in [0.1, 0.15) is 0 Å². The molecule has 6 heteroatoms. The molecule has 0 bridgehead atoms. The average Bonchev–Trinajstić information content (AvgIpc) is 3.03. The Morgan fingerprint density at radius 2 is 1.92 bits per heavy atom. The minimum absolute atomic E-state index is 0.0723. The van der Waals surface area contributed by atoms with Crippen molar-refractivity contribution < 1.29 is 4.79 Å². The van der Waals surface area contributed by atoms with Gasteiger partial charge in [-0.05, 0) is 18.7 Å². The fourth-order valence-electron chi connectivity index (χ4n) is 3.02. The van der Waals surface area contributed by atoms with Crippen LogP contribution in [-0.4, -0.2) is 52.3 Å². The zero-order valence-electron chi connectivity index (χ0n) is 15.6. The normalized spacial score (nSPS) is 12.2. The van der Waals surface area contributed by atoms with Crippen molar-refractivity contribution in [3.8, 4) is 0 Å². The van der Waals surface area contributed by atoms with Crippen molar-refractivity contribution in [2.45, 2.75) is 26.4 Å². The molecule has 0 spiro atoms. The molecule has 25 heavy (non-hydrogen) atoms. The Bertz CT molecular complexity index is 651. The van der Waals surface area contributed by atoms with Gasteiger partial charge in [0.2, 0.25) is 0 Å². The second kappa shape index (κ2) is 9.22. The third kappa shape index (κ3) is 5.32. The molecule has 1 N–H and O–H groups in total. The summed E-state index contributed by atoms with van der Waals surface area (Å²) in [7, 11) is 3.68. The number of likely N-dealkylation sites (N-methyl/N-ethyl adjacent to an activating group) is 1. The maximum atomic E-state index is 12.5. The highest BCUT2D eigenvalue weighted by molar-refractivity contribution is 5.73. The van der Waals surface area contributed by atoms with Crippen LogP contribution in [0.1, 0.15) is 31.0 Å². The molecule has 1 aromatic heterocycles. The average molecular weight is 343 g/mol. The molecule has 0 aliphatic rings. The number of urea groups is 1. The second-order valence-electron chi connectivity index (χ2n) is 6.21. The fourth-order valence-corrected chi connectivity index (χ4v) is 3.02. The van der Waals surface area contributed by atoms with Crippen LogP contribution in [0.15, 0.2) is 42.7 Å². The van der Waals surface area contributed by atoms with Gasteiger partial charge in [0, 0.05) is 32.4 Å². The molecule has 2 aromatic rings. The van der Waals surface area contributed by atoms with E-state index in [1.54, 1.807) is 22.8 Å². The summed E-state index contributed by atoms with van der Waals surface area (Å²) < 4.78 is 1.74. The molecular formula is C19H29N5O. The summed E-state index contributed by atoms with van der Waals surface area (Å²) in [6.45, 7) is 7.31. The zero-order valence-corrected chi connectivity index (χ0v) is 15.6. The lowest BCUT2D eigenvalue weighted by Gasteiger charge is -2.31. The lowest BCUT2D eigenvalue weighted by molar-refractivity contribution is 0.188. The van der Waals surface area contributed by atoms with Crippen molar-refractivity contribution >= 4 is 6.03 Å². The van der Waals surface area contributed by atoms with Gasteiger partial charge in [-0.15, -0.1) is 0 Å². The molecular weight excluding hydrogens is 314 g/mol. The number of aromatic nitrogens is 2. The monoisotopic (exact) mass is 343 g/mol. The molecule has 6 nitrogen and oxygen atoms in total. The van der Waals surface area contributed by atoms with Crippen molar-refractivity contribution in [3.05, 3.63) is 53.9 Å². The summed E-state index contributed by atoms with van der Waals surface area (Å²) in [6.07, 6.45) is 3.71. The van der Waals surface area contributed by atoms with Crippen LogP contribution in [0, 0.1) is 0 Å². The number of carbonyl (C=O) groups excluding carboxylic acids is 1. The number of nitrogens with zero attached hydrogens (tertiary/aromatic N) is 4. The van der Waals surface area contributed by atoms with E-state index in [4.69, 9.17) is 0 Å². The van der Waals surface area contributed by atoms with E-state index in [1.807, 2.05) is 31.4 Å². The lowest BCUT2D eigenvalue weighted by Crippen LogP contribution is -2.42. The molecule has 1 aromatic carbocycles. The number of aryl methyl sites for hydroxylation is 1. The number of rotatable bonds is 8. The number of carbonyl (C=O) groups is 1. The van der Waals surface area contributed by atoms with Gasteiger partial charge in [0.25, 0.3) is 0 Å². The molecule has 0 fully saturated rings. The Labute approximate surface area is 150 Å². The third-order valence-corrected chi connectivity index (χ3v) is 4.41. The van der Waals surface area contributed by atoms with E-state index in [0.29, 0.717) is 13.1 Å². The SMILES string of the molecule is CCN(CC)C(CNC(=O)N(C)Cc1cnn(C)c1)c1ccccc1. The van der Waals surface area contributed by atoms with Crippen LogP contribution < -0.4 is 5.32 Å². The molecule has 2 amide bonds. The summed E-state index contributed by atoms with van der Waals surface area (Å²) >= 11 is 0. The van der Waals surface area contributed by atoms with E-state index < -0.39 is 0 Å². The Morgan fingerprint density at radius 1 is 1.24 bits per heavy atom. The van der Waals surface area contributed by atoms with Gasteiger partial charge in [-0.25, -0.2) is 4.79 Å². The number of amides is 2. The van der Waals surface area contributed by atoms with Gasteiger partial charge >= 0.3 is 6.03 Å². The van der Waals surface area contributed by atoms with E-state index in [1.165, 1.54) is 5.56 Å². The van der Waals surface area contributed by atoms with Crippen LogP contribution in [0.5, 0.6) is 0 Å². The van der Waals surface area contributed by atoms with Crippen molar-refractivity contribution in [1.82, 2.24) is 24.9 Å². The van der Waals surface area contributed by atoms with Crippen molar-refractivity contribution in [3.63, 3.8) is 0 Å². The smallest absolute Gasteiger partial charge is 0.317 e. The maximum Gasteiger partial charge on any atom is 0.317 e. The molecule has 0 radical (unpaired) electrons. The quantitative estimate of drug-likeness (QED) is 0.802. The first-order valence-corrected chi connectivity index (χ1v) is 8.80. The molecule has 1 heterocycles. The Kier molecular flexibility index (Phi) is 7.01. The number of nitrogens with one attached hydrogen (secondary N) is 1. The first-order chi connectivity index (χ1) is 12.0. The minimum Gasteiger partial charge on any atom is -0.336 e. The predicted molar refractivity (Wildman–Crippen MR) is 100 cm³/mol. The van der Waals surface area contributed by atoms with E-state index in [-0.39, 0.29) is 12.1 Å². The fraction of sp³-hybridized carbons (Fsp3) is 0.474. The highest BCUT2D eigenvalue weighted by Crippen LogP contribution is 2.19. The van der Waals surface area contributed by atoms with Gasteiger partial charge in [-0.1, -0.05) is 44.2 Å². The van der Waals surface area contributed by atoms with Crippen molar-refractivity contribution in [1.29, 1.82) is 0 Å². The second-order valence-corrected chi connectivity index (χ2v) is 6.21. The lowest BCUT2D eigenvalue weighted by atomic mass is 10.1. The Balaban J connectivity index is 1.98. The summed E-state index contributed by atoms with van der Waals surface area (Å²) in [5, 5.41) is 7.22. The number of hydrogen-bond donors (Lipinski definition) is 1. The van der Waals surface area contributed by atoms with Crippen LogP contribution in [0.3, 0.4) is 0 Å². The predicted octanol–water partition coefficient (Wildman–Crippen LogP) is 2.64. The summed E-state index contributed by atoms with van der Waals surface area (Å²) in [5.41, 5.74) is 2.24. The molecule has 0 aliphatic heterocycles. The minimum atomic E-state index is -0.0723. The topological polar surface area (TPSA) is 53.4 Å². The van der Waals surface area contributed by atoms with Gasteiger partial charge in [-0.3, -0.25) is 9.58 Å². The Morgan fingerprint density at radius 3 is 2.48 bits per heavy atom. The van der Waals surface area contributed by atoms with Crippen LogP contribution in [0.4, 0.5) is 4.79 Å². The molecule has 1 unspecified atom stereocenters. The van der Waals surface area contributed by atoms with Crippen molar-refractivity contribution in [2.24, 2.45) is 7.05 Å². The van der Waals surface area contributed by atoms with E-state index in [9.17, 15) is 4.79 Å². The van der Waals surface area contributed by atoms with Crippen LogP contribution in [-0.2, 0) is 13.6 Å². The summed E-state index contributed by atoms with van der Waals surface area (Å²) in [5.74, 6) is 0. The van der Waals surface area contributed by atoms with Gasteiger partial charge in [0.15, 0.2) is 0 Å². The Hall–Kier alpha value is -2.34. The van der Waals surface area contributed by atoms with Crippen LogP contribution >= 0.6 is 0 Å². The molecule has 0 saturated carbocycles. The standard InChI is InChI=1S/C19H29N5O/c1-5-24(6-2)18(17-10-8-7-9-11-17)13-20-19(25)22(3)14-16-12-21-23(4)15-16/h7-12,15,18H,5-6,13-14H2,1-4H3,(H,20,25). The number of hydrogen-bond acceptors (Lipinski definition) is 3. The van der Waals surface area contributed by atoms with Gasteiger partial charge in [0.05, 0.1) is 18.8 Å². The molecule has 2 rings (SSSR count). The molecule has 1 atom stereocenters. The van der Waals surface area contributed by atoms with E-state index >= 15 is 0 Å². The highest BCUT2D eigenvalue weighted by Gasteiger charge is 2.19. The summed E-state index contributed by atoms with van der Waals surface area (Å²) in [6, 6.07) is 10.4. The highest BCUT2D eigenvalue weighted by atomic mass is 16.2. The van der Waals surface area contributed by atoms with E-state index in [0.717, 1.165) is 18.7 Å². The maximum absolute atomic E-state index is 12.5. The van der Waals surface area contributed by atoms with Crippen LogP contribution in [0.2, 0.25) is 0 Å². The number of benzene rings is 1.